The summed E-state index contributed by atoms with van der Waals surface area (Å²) < 4.78 is 5.01. The van der Waals surface area contributed by atoms with Crippen molar-refractivity contribution >= 4 is 29.2 Å². The highest BCUT2D eigenvalue weighted by atomic mass is 35.5. The summed E-state index contributed by atoms with van der Waals surface area (Å²) in [5, 5.41) is 3.26. The molecule has 1 saturated carbocycles. The second-order valence-corrected chi connectivity index (χ2v) is 6.19. The molecule has 0 aromatic heterocycles. The molecular formula is C17H22ClNO3. The lowest BCUT2D eigenvalue weighted by Crippen LogP contribution is -2.21. The van der Waals surface area contributed by atoms with E-state index in [1.807, 2.05) is 0 Å². The van der Waals surface area contributed by atoms with Crippen LogP contribution >= 0.6 is 11.6 Å². The highest BCUT2D eigenvalue weighted by molar-refractivity contribution is 6.30. The van der Waals surface area contributed by atoms with Gasteiger partial charge in [0.1, 0.15) is 0 Å². The maximum atomic E-state index is 11.7. The Hall–Kier alpha value is -1.55. The number of nitrogens with one attached hydrogen (secondary N) is 1. The van der Waals surface area contributed by atoms with Gasteiger partial charge in [-0.05, 0) is 36.6 Å². The van der Waals surface area contributed by atoms with E-state index in [0.29, 0.717) is 23.0 Å². The van der Waals surface area contributed by atoms with Crippen molar-refractivity contribution in [3.05, 3.63) is 29.3 Å². The first-order chi connectivity index (χ1) is 10.6. The van der Waals surface area contributed by atoms with E-state index in [2.05, 4.69) is 5.32 Å². The van der Waals surface area contributed by atoms with Crippen LogP contribution in [0.3, 0.4) is 0 Å². The van der Waals surface area contributed by atoms with Crippen LogP contribution in [0.5, 0.6) is 0 Å². The summed E-state index contributed by atoms with van der Waals surface area (Å²) in [5.74, 6) is 0.00867. The molecule has 0 atom stereocenters. The minimum atomic E-state index is -0.340. The van der Waals surface area contributed by atoms with Crippen LogP contribution < -0.4 is 5.32 Å². The third-order valence-electron chi connectivity index (χ3n) is 3.97. The van der Waals surface area contributed by atoms with Crippen LogP contribution in [0.25, 0.3) is 0 Å². The van der Waals surface area contributed by atoms with Gasteiger partial charge in [0.25, 0.3) is 5.91 Å². The lowest BCUT2D eigenvalue weighted by Gasteiger charge is -2.20. The second kappa shape index (κ2) is 8.79. The van der Waals surface area contributed by atoms with Crippen LogP contribution in [0.2, 0.25) is 5.02 Å². The minimum Gasteiger partial charge on any atom is -0.456 e. The van der Waals surface area contributed by atoms with Crippen molar-refractivity contribution in [2.75, 3.05) is 11.9 Å². The number of hydrogen-bond acceptors (Lipinski definition) is 3. The predicted octanol–water partition coefficient (Wildman–Crippen LogP) is 4.18. The molecule has 0 heterocycles. The number of amides is 1. The van der Waals surface area contributed by atoms with Crippen molar-refractivity contribution in [2.45, 2.75) is 44.9 Å². The van der Waals surface area contributed by atoms with Crippen molar-refractivity contribution in [1.29, 1.82) is 0 Å². The number of carbonyl (C=O) groups is 2. The highest BCUT2D eigenvalue weighted by Crippen LogP contribution is 2.27. The van der Waals surface area contributed by atoms with Crippen molar-refractivity contribution in [3.8, 4) is 0 Å². The van der Waals surface area contributed by atoms with Gasteiger partial charge in [0.2, 0.25) is 0 Å². The molecule has 120 valence electrons. The summed E-state index contributed by atoms with van der Waals surface area (Å²) >= 11 is 5.77. The predicted molar refractivity (Wildman–Crippen MR) is 86.8 cm³/mol. The number of esters is 1. The van der Waals surface area contributed by atoms with Crippen LogP contribution in [0.4, 0.5) is 5.69 Å². The molecule has 0 spiro atoms. The first-order valence-electron chi connectivity index (χ1n) is 7.84. The number of hydrogen-bond donors (Lipinski definition) is 1. The van der Waals surface area contributed by atoms with E-state index in [4.69, 9.17) is 16.3 Å². The molecule has 1 fully saturated rings. The number of halogens is 1. The van der Waals surface area contributed by atoms with Gasteiger partial charge in [-0.15, -0.1) is 0 Å². The fraction of sp³-hybridized carbons (Fsp3) is 0.529. The molecule has 1 amide bonds. The van der Waals surface area contributed by atoms with Gasteiger partial charge in [0.05, 0.1) is 0 Å². The zero-order chi connectivity index (χ0) is 15.8. The molecule has 0 bridgehead atoms. The first kappa shape index (κ1) is 16.8. The molecule has 1 N–H and O–H groups in total. The molecule has 22 heavy (non-hydrogen) atoms. The summed E-state index contributed by atoms with van der Waals surface area (Å²) in [5.41, 5.74) is 0.632. The fourth-order valence-corrected chi connectivity index (χ4v) is 2.87. The van der Waals surface area contributed by atoms with Crippen molar-refractivity contribution < 1.29 is 14.3 Å². The largest absolute Gasteiger partial charge is 0.456 e. The van der Waals surface area contributed by atoms with E-state index in [1.165, 1.54) is 32.1 Å². The van der Waals surface area contributed by atoms with Gasteiger partial charge in [-0.2, -0.15) is 0 Å². The van der Waals surface area contributed by atoms with Crippen molar-refractivity contribution in [2.24, 2.45) is 5.92 Å². The first-order valence-corrected chi connectivity index (χ1v) is 8.22. The topological polar surface area (TPSA) is 55.4 Å². The van der Waals surface area contributed by atoms with E-state index in [-0.39, 0.29) is 18.5 Å². The van der Waals surface area contributed by atoms with Crippen LogP contribution in [0.1, 0.15) is 44.9 Å². The molecule has 1 aliphatic rings. The van der Waals surface area contributed by atoms with E-state index in [0.717, 1.165) is 6.42 Å². The third kappa shape index (κ3) is 6.06. The van der Waals surface area contributed by atoms with Crippen LogP contribution in [-0.4, -0.2) is 18.5 Å². The molecular weight excluding hydrogens is 302 g/mol. The molecule has 4 nitrogen and oxygen atoms in total. The molecule has 1 aliphatic carbocycles. The highest BCUT2D eigenvalue weighted by Gasteiger charge is 2.16. The summed E-state index contributed by atoms with van der Waals surface area (Å²) in [6, 6.07) is 6.77. The molecule has 0 radical (unpaired) electrons. The molecule has 1 aromatic carbocycles. The van der Waals surface area contributed by atoms with Gasteiger partial charge in [0, 0.05) is 17.1 Å². The van der Waals surface area contributed by atoms with Gasteiger partial charge in [-0.3, -0.25) is 9.59 Å². The quantitative estimate of drug-likeness (QED) is 0.799. The number of carbonyl (C=O) groups excluding carboxylic acids is 2. The second-order valence-electron chi connectivity index (χ2n) is 5.76. The number of ether oxygens (including phenoxy) is 1. The monoisotopic (exact) mass is 323 g/mol. The molecule has 1 aromatic rings. The minimum absolute atomic E-state index is 0.244. The van der Waals surface area contributed by atoms with E-state index < -0.39 is 0 Å². The Kier molecular flexibility index (Phi) is 6.72. The Labute approximate surface area is 136 Å². The van der Waals surface area contributed by atoms with Crippen LogP contribution in [0, 0.1) is 5.92 Å². The average Bonchev–Trinajstić information content (AvgIpc) is 2.54. The van der Waals surface area contributed by atoms with E-state index in [1.54, 1.807) is 24.3 Å². The number of anilines is 1. The zero-order valence-electron chi connectivity index (χ0n) is 12.6. The van der Waals surface area contributed by atoms with Crippen molar-refractivity contribution in [1.82, 2.24) is 0 Å². The van der Waals surface area contributed by atoms with E-state index >= 15 is 0 Å². The summed E-state index contributed by atoms with van der Waals surface area (Å²) in [6.07, 6.45) is 7.55. The van der Waals surface area contributed by atoms with Gasteiger partial charge in [-0.25, -0.2) is 0 Å². The standard InChI is InChI=1S/C17H22ClNO3/c18-14-7-9-15(10-8-14)19-16(20)12-22-17(21)11-6-13-4-2-1-3-5-13/h7-10,13H,1-6,11-12H2,(H,19,20). The number of rotatable bonds is 6. The Morgan fingerprint density at radius 2 is 1.82 bits per heavy atom. The fourth-order valence-electron chi connectivity index (χ4n) is 2.75. The maximum Gasteiger partial charge on any atom is 0.306 e. The SMILES string of the molecule is O=C(COC(=O)CCC1CCCCC1)Nc1ccc(Cl)cc1. The smallest absolute Gasteiger partial charge is 0.306 e. The van der Waals surface area contributed by atoms with Gasteiger partial charge in [0.15, 0.2) is 6.61 Å². The molecule has 0 aliphatic heterocycles. The zero-order valence-corrected chi connectivity index (χ0v) is 13.4. The Balaban J connectivity index is 1.62. The summed E-state index contributed by atoms with van der Waals surface area (Å²) in [6.45, 7) is -0.244. The van der Waals surface area contributed by atoms with Gasteiger partial charge < -0.3 is 10.1 Å². The van der Waals surface area contributed by atoms with Crippen LogP contribution in [-0.2, 0) is 14.3 Å². The Morgan fingerprint density at radius 3 is 2.50 bits per heavy atom. The number of benzene rings is 1. The summed E-state index contributed by atoms with van der Waals surface area (Å²) in [4.78, 5) is 23.4. The molecule has 0 saturated heterocycles. The van der Waals surface area contributed by atoms with Gasteiger partial charge in [-0.1, -0.05) is 43.7 Å². The van der Waals surface area contributed by atoms with Crippen LogP contribution in [0.15, 0.2) is 24.3 Å². The average molecular weight is 324 g/mol. The lowest BCUT2D eigenvalue weighted by molar-refractivity contribution is -0.147. The normalized spacial score (nSPS) is 15.3. The lowest BCUT2D eigenvalue weighted by atomic mass is 9.86. The Morgan fingerprint density at radius 1 is 1.14 bits per heavy atom. The Bertz CT molecular complexity index is 495. The van der Waals surface area contributed by atoms with Crippen molar-refractivity contribution in [3.63, 3.8) is 0 Å². The molecule has 5 heteroatoms. The van der Waals surface area contributed by atoms with E-state index in [9.17, 15) is 9.59 Å². The molecule has 0 unspecified atom stereocenters. The summed E-state index contributed by atoms with van der Waals surface area (Å²) in [7, 11) is 0. The molecule has 2 rings (SSSR count). The van der Waals surface area contributed by atoms with Gasteiger partial charge >= 0.3 is 5.97 Å². The maximum absolute atomic E-state index is 11.7. The third-order valence-corrected chi connectivity index (χ3v) is 4.23.